The van der Waals surface area contributed by atoms with Gasteiger partial charge in [-0.05, 0) is 17.7 Å². The predicted octanol–water partition coefficient (Wildman–Crippen LogP) is 1.84. The Morgan fingerprint density at radius 1 is 1.18 bits per heavy atom. The summed E-state index contributed by atoms with van der Waals surface area (Å²) in [5.74, 6) is -1.52. The molecule has 0 radical (unpaired) electrons. The summed E-state index contributed by atoms with van der Waals surface area (Å²) in [6, 6.07) is 3.08. The summed E-state index contributed by atoms with van der Waals surface area (Å²) in [7, 11) is 0. The number of ketones is 1. The summed E-state index contributed by atoms with van der Waals surface area (Å²) in [6.07, 6.45) is -0.420. The Morgan fingerprint density at radius 2 is 1.76 bits per heavy atom. The normalized spacial score (nSPS) is 16.4. The molecule has 5 heteroatoms. The van der Waals surface area contributed by atoms with Gasteiger partial charge in [0.2, 0.25) is 0 Å². The van der Waals surface area contributed by atoms with Gasteiger partial charge in [-0.15, -0.1) is 0 Å². The maximum Gasteiger partial charge on any atom is 0.164 e. The minimum Gasteiger partial charge on any atom is -0.350 e. The Bertz CT molecular complexity index is 394. The molecule has 0 unspecified atom stereocenters. The van der Waals surface area contributed by atoms with E-state index in [9.17, 15) is 13.6 Å². The van der Waals surface area contributed by atoms with Crippen LogP contribution in [-0.4, -0.2) is 25.3 Å². The molecule has 1 aliphatic heterocycles. The van der Waals surface area contributed by atoms with Crippen LogP contribution in [0.25, 0.3) is 0 Å². The molecule has 0 spiro atoms. The van der Waals surface area contributed by atoms with E-state index >= 15 is 0 Å². The smallest absolute Gasteiger partial charge is 0.164 e. The van der Waals surface area contributed by atoms with Crippen LogP contribution in [0.4, 0.5) is 8.78 Å². The molecule has 0 amide bonds. The summed E-state index contributed by atoms with van der Waals surface area (Å²) in [6.45, 7) is 0.957. The second-order valence-electron chi connectivity index (χ2n) is 3.87. The monoisotopic (exact) mass is 242 g/mol. The van der Waals surface area contributed by atoms with Gasteiger partial charge in [0, 0.05) is 12.5 Å². The molecule has 1 aliphatic rings. The fourth-order valence-electron chi connectivity index (χ4n) is 1.72. The van der Waals surface area contributed by atoms with Crippen molar-refractivity contribution >= 4 is 5.78 Å². The third kappa shape index (κ3) is 3.57. The Kier molecular flexibility index (Phi) is 3.81. The summed E-state index contributed by atoms with van der Waals surface area (Å²) in [4.78, 5) is 11.6. The van der Waals surface area contributed by atoms with Crippen LogP contribution in [0.2, 0.25) is 0 Å². The number of rotatable bonds is 4. The van der Waals surface area contributed by atoms with Crippen LogP contribution in [0.1, 0.15) is 12.0 Å². The Hall–Kier alpha value is -1.33. The van der Waals surface area contributed by atoms with Gasteiger partial charge in [0.25, 0.3) is 0 Å². The fraction of sp³-hybridized carbons (Fsp3) is 0.417. The maximum atomic E-state index is 12.9. The molecule has 3 nitrogen and oxygen atoms in total. The molecule has 0 bridgehead atoms. The standard InChI is InChI=1S/C12H12F2O3/c13-9-3-8(4-10(14)6-9)5-11(15)7-12-16-1-2-17-12/h3-4,6,12H,1-2,5,7H2. The molecular formula is C12H12F2O3. The summed E-state index contributed by atoms with van der Waals surface area (Å²) < 4.78 is 36.0. The van der Waals surface area contributed by atoms with Gasteiger partial charge in [0.15, 0.2) is 6.29 Å². The van der Waals surface area contributed by atoms with E-state index in [2.05, 4.69) is 0 Å². The van der Waals surface area contributed by atoms with E-state index in [-0.39, 0.29) is 18.6 Å². The molecule has 1 aromatic carbocycles. The highest BCUT2D eigenvalue weighted by molar-refractivity contribution is 5.81. The van der Waals surface area contributed by atoms with Crippen LogP contribution in [0.5, 0.6) is 0 Å². The molecule has 1 saturated heterocycles. The number of ether oxygens (including phenoxy) is 2. The molecule has 2 rings (SSSR count). The van der Waals surface area contributed by atoms with E-state index in [0.29, 0.717) is 18.8 Å². The Morgan fingerprint density at radius 3 is 2.35 bits per heavy atom. The number of hydrogen-bond acceptors (Lipinski definition) is 3. The van der Waals surface area contributed by atoms with Gasteiger partial charge in [0.05, 0.1) is 19.6 Å². The highest BCUT2D eigenvalue weighted by Gasteiger charge is 2.19. The van der Waals surface area contributed by atoms with Gasteiger partial charge in [-0.1, -0.05) is 0 Å². The van der Waals surface area contributed by atoms with Crippen molar-refractivity contribution in [1.29, 1.82) is 0 Å². The number of benzene rings is 1. The molecule has 17 heavy (non-hydrogen) atoms. The van der Waals surface area contributed by atoms with Crippen molar-refractivity contribution in [3.8, 4) is 0 Å². The molecule has 0 saturated carbocycles. The lowest BCUT2D eigenvalue weighted by molar-refractivity contribution is -0.126. The van der Waals surface area contributed by atoms with Crippen LogP contribution >= 0.6 is 0 Å². The average molecular weight is 242 g/mol. The quantitative estimate of drug-likeness (QED) is 0.808. The summed E-state index contributed by atoms with van der Waals surface area (Å²) in [5, 5.41) is 0. The zero-order chi connectivity index (χ0) is 12.3. The van der Waals surface area contributed by atoms with Gasteiger partial charge in [-0.3, -0.25) is 4.79 Å². The molecule has 0 atom stereocenters. The molecule has 1 heterocycles. The van der Waals surface area contributed by atoms with Crippen LogP contribution in [0.15, 0.2) is 18.2 Å². The number of halogens is 2. The third-order valence-electron chi connectivity index (χ3n) is 2.41. The summed E-state index contributed by atoms with van der Waals surface area (Å²) >= 11 is 0. The van der Waals surface area contributed by atoms with Crippen molar-refractivity contribution in [2.24, 2.45) is 0 Å². The van der Waals surface area contributed by atoms with Crippen LogP contribution in [0, 0.1) is 11.6 Å². The average Bonchev–Trinajstić information content (AvgIpc) is 2.67. The van der Waals surface area contributed by atoms with E-state index in [1.807, 2.05) is 0 Å². The van der Waals surface area contributed by atoms with Gasteiger partial charge in [-0.25, -0.2) is 8.78 Å². The van der Waals surface area contributed by atoms with Crippen molar-refractivity contribution < 1.29 is 23.0 Å². The Labute approximate surface area is 97.3 Å². The van der Waals surface area contributed by atoms with E-state index in [0.717, 1.165) is 18.2 Å². The first-order valence-corrected chi connectivity index (χ1v) is 5.33. The number of hydrogen-bond donors (Lipinski definition) is 0. The maximum absolute atomic E-state index is 12.9. The van der Waals surface area contributed by atoms with Gasteiger partial charge in [0.1, 0.15) is 17.4 Å². The SMILES string of the molecule is O=C(Cc1cc(F)cc(F)c1)CC1OCCO1. The molecule has 1 aromatic rings. The highest BCUT2D eigenvalue weighted by atomic mass is 19.1. The minimum atomic E-state index is -0.679. The lowest BCUT2D eigenvalue weighted by Crippen LogP contribution is -2.16. The van der Waals surface area contributed by atoms with Crippen molar-refractivity contribution in [3.63, 3.8) is 0 Å². The highest BCUT2D eigenvalue weighted by Crippen LogP contribution is 2.13. The van der Waals surface area contributed by atoms with Crippen molar-refractivity contribution in [3.05, 3.63) is 35.4 Å². The molecule has 92 valence electrons. The van der Waals surface area contributed by atoms with E-state index < -0.39 is 17.9 Å². The summed E-state index contributed by atoms with van der Waals surface area (Å²) in [5.41, 5.74) is 0.325. The third-order valence-corrected chi connectivity index (χ3v) is 2.41. The minimum absolute atomic E-state index is 0.0160. The van der Waals surface area contributed by atoms with E-state index in [1.54, 1.807) is 0 Å². The molecule has 0 aromatic heterocycles. The number of Topliss-reactive ketones (excluding diaryl/α,β-unsaturated/α-hetero) is 1. The van der Waals surface area contributed by atoms with Crippen molar-refractivity contribution in [2.75, 3.05) is 13.2 Å². The van der Waals surface area contributed by atoms with E-state index in [4.69, 9.17) is 9.47 Å². The first-order valence-electron chi connectivity index (χ1n) is 5.33. The Balaban J connectivity index is 1.92. The predicted molar refractivity (Wildman–Crippen MR) is 55.4 cm³/mol. The second-order valence-corrected chi connectivity index (χ2v) is 3.87. The number of carbonyl (C=O) groups is 1. The number of carbonyl (C=O) groups excluding carboxylic acids is 1. The molecule has 0 N–H and O–H groups in total. The zero-order valence-corrected chi connectivity index (χ0v) is 9.12. The van der Waals surface area contributed by atoms with E-state index in [1.165, 1.54) is 0 Å². The zero-order valence-electron chi connectivity index (χ0n) is 9.12. The molecular weight excluding hydrogens is 230 g/mol. The topological polar surface area (TPSA) is 35.5 Å². The lowest BCUT2D eigenvalue weighted by Gasteiger charge is -2.07. The van der Waals surface area contributed by atoms with Crippen molar-refractivity contribution in [1.82, 2.24) is 0 Å². The van der Waals surface area contributed by atoms with Crippen LogP contribution in [-0.2, 0) is 20.7 Å². The lowest BCUT2D eigenvalue weighted by atomic mass is 10.1. The molecule has 1 fully saturated rings. The van der Waals surface area contributed by atoms with Gasteiger partial charge < -0.3 is 9.47 Å². The molecule has 0 aliphatic carbocycles. The fourth-order valence-corrected chi connectivity index (χ4v) is 1.72. The van der Waals surface area contributed by atoms with Gasteiger partial charge >= 0.3 is 0 Å². The second kappa shape index (κ2) is 5.33. The van der Waals surface area contributed by atoms with Gasteiger partial charge in [-0.2, -0.15) is 0 Å². The largest absolute Gasteiger partial charge is 0.350 e. The first-order chi connectivity index (χ1) is 8.13. The van der Waals surface area contributed by atoms with Crippen LogP contribution < -0.4 is 0 Å². The first kappa shape index (κ1) is 12.1. The van der Waals surface area contributed by atoms with Crippen molar-refractivity contribution in [2.45, 2.75) is 19.1 Å². The van der Waals surface area contributed by atoms with Crippen LogP contribution in [0.3, 0.4) is 0 Å².